The molecule has 2 aromatic carbocycles. The molecule has 34 heavy (non-hydrogen) atoms. The summed E-state index contributed by atoms with van der Waals surface area (Å²) in [6.45, 7) is 0.623. The van der Waals surface area contributed by atoms with Gasteiger partial charge in [0, 0.05) is 35.1 Å². The Bertz CT molecular complexity index is 1400. The van der Waals surface area contributed by atoms with E-state index in [1.165, 1.54) is 24.5 Å². The number of aromatic nitrogens is 3. The summed E-state index contributed by atoms with van der Waals surface area (Å²) in [5.41, 5.74) is 3.23. The predicted molar refractivity (Wildman–Crippen MR) is 131 cm³/mol. The van der Waals surface area contributed by atoms with E-state index in [4.69, 9.17) is 11.6 Å². The summed E-state index contributed by atoms with van der Waals surface area (Å²) in [6.07, 6.45) is 3.15. The van der Waals surface area contributed by atoms with Crippen LogP contribution in [0.4, 0.5) is 33.1 Å². The minimum atomic E-state index is -0.566. The van der Waals surface area contributed by atoms with Gasteiger partial charge in [-0.2, -0.15) is 0 Å². The average molecular weight is 476 g/mol. The monoisotopic (exact) mass is 475 g/mol. The highest BCUT2D eigenvalue weighted by molar-refractivity contribution is 6.31. The minimum Gasteiger partial charge on any atom is -0.352 e. The zero-order chi connectivity index (χ0) is 23.7. The lowest BCUT2D eigenvalue weighted by Gasteiger charge is -2.16. The average Bonchev–Trinajstić information content (AvgIpc) is 3.22. The highest BCUT2D eigenvalue weighted by Gasteiger charge is 2.24. The molecule has 1 amide bonds. The molecule has 8 nitrogen and oxygen atoms in total. The van der Waals surface area contributed by atoms with Crippen molar-refractivity contribution in [2.45, 2.75) is 0 Å². The number of halogens is 2. The van der Waals surface area contributed by atoms with E-state index in [0.717, 1.165) is 17.1 Å². The summed E-state index contributed by atoms with van der Waals surface area (Å²) in [6, 6.07) is 14.5. The van der Waals surface area contributed by atoms with Gasteiger partial charge in [-0.3, -0.25) is 4.79 Å². The minimum absolute atomic E-state index is 0.0271. The van der Waals surface area contributed by atoms with Crippen molar-refractivity contribution in [3.05, 3.63) is 83.5 Å². The molecule has 3 N–H and O–H groups in total. The van der Waals surface area contributed by atoms with E-state index in [0.29, 0.717) is 34.5 Å². The van der Waals surface area contributed by atoms with Gasteiger partial charge in [0.2, 0.25) is 0 Å². The number of pyridine rings is 1. The molecule has 1 aliphatic rings. The van der Waals surface area contributed by atoms with Crippen LogP contribution in [-0.2, 0) is 0 Å². The Hall–Kier alpha value is -4.24. The van der Waals surface area contributed by atoms with E-state index in [9.17, 15) is 9.18 Å². The summed E-state index contributed by atoms with van der Waals surface area (Å²) >= 11 is 5.96. The summed E-state index contributed by atoms with van der Waals surface area (Å²) in [5, 5.41) is 9.46. The summed E-state index contributed by atoms with van der Waals surface area (Å²) in [4.78, 5) is 27.8. The van der Waals surface area contributed by atoms with Crippen molar-refractivity contribution in [1.82, 2.24) is 15.0 Å². The Morgan fingerprint density at radius 3 is 2.85 bits per heavy atom. The van der Waals surface area contributed by atoms with Crippen molar-refractivity contribution in [3.63, 3.8) is 0 Å². The number of benzene rings is 2. The lowest BCUT2D eigenvalue weighted by atomic mass is 10.1. The largest absolute Gasteiger partial charge is 0.352 e. The fraction of sp³-hybridized carbons (Fsp3) is 0.0833. The Morgan fingerprint density at radius 2 is 2.00 bits per heavy atom. The van der Waals surface area contributed by atoms with Crippen LogP contribution in [0.15, 0.2) is 67.1 Å². The molecule has 0 saturated carbocycles. The van der Waals surface area contributed by atoms with Gasteiger partial charge < -0.3 is 20.9 Å². The first-order valence-electron chi connectivity index (χ1n) is 10.4. The van der Waals surface area contributed by atoms with Gasteiger partial charge in [0.25, 0.3) is 5.91 Å². The normalized spacial score (nSPS) is 12.1. The van der Waals surface area contributed by atoms with Crippen molar-refractivity contribution in [1.29, 1.82) is 0 Å². The van der Waals surface area contributed by atoms with Crippen molar-refractivity contribution < 1.29 is 9.18 Å². The van der Waals surface area contributed by atoms with Gasteiger partial charge >= 0.3 is 0 Å². The van der Waals surface area contributed by atoms with E-state index >= 15 is 0 Å². The first-order valence-corrected chi connectivity index (χ1v) is 10.8. The molecule has 10 heteroatoms. The van der Waals surface area contributed by atoms with E-state index in [1.54, 1.807) is 30.5 Å². The van der Waals surface area contributed by atoms with E-state index in [2.05, 4.69) is 30.9 Å². The maximum Gasteiger partial charge on any atom is 0.255 e. The summed E-state index contributed by atoms with van der Waals surface area (Å²) < 4.78 is 14.5. The van der Waals surface area contributed by atoms with Crippen LogP contribution >= 0.6 is 11.6 Å². The second-order valence-corrected chi connectivity index (χ2v) is 8.07. The third kappa shape index (κ3) is 4.20. The van der Waals surface area contributed by atoms with Crippen LogP contribution in [0.25, 0.3) is 11.3 Å². The van der Waals surface area contributed by atoms with Crippen LogP contribution in [0.1, 0.15) is 10.4 Å². The van der Waals surface area contributed by atoms with Crippen LogP contribution in [0.5, 0.6) is 0 Å². The molecular weight excluding hydrogens is 457 g/mol. The molecule has 0 spiro atoms. The van der Waals surface area contributed by atoms with Crippen molar-refractivity contribution in [3.8, 4) is 11.3 Å². The first-order chi connectivity index (χ1) is 16.5. The maximum absolute atomic E-state index is 14.5. The van der Waals surface area contributed by atoms with Gasteiger partial charge in [-0.25, -0.2) is 19.3 Å². The molecule has 2 aromatic heterocycles. The molecule has 0 unspecified atom stereocenters. The highest BCUT2D eigenvalue weighted by atomic mass is 35.5. The number of hydrogen-bond acceptors (Lipinski definition) is 7. The Kier molecular flexibility index (Phi) is 5.69. The number of hydrogen-bond donors (Lipinski definition) is 3. The van der Waals surface area contributed by atoms with Gasteiger partial charge in [-0.05, 0) is 48.5 Å². The number of nitrogens with zero attached hydrogens (tertiary/aromatic N) is 4. The SMILES string of the molecule is CN1CNc2ncnc(-c3cccnc3Nc3ccc(F)c(NC(=O)c4cccc(Cl)c4)c3)c21. The van der Waals surface area contributed by atoms with Gasteiger partial charge in [0.05, 0.1) is 12.4 Å². The molecule has 0 atom stereocenters. The standard InChI is InChI=1S/C24H19ClFN7O/c1-33-13-30-23-21(33)20(28-12-29-23)17-6-3-9-27-22(17)31-16-7-8-18(26)19(11-16)32-24(34)14-4-2-5-15(25)10-14/h2-12H,13H2,1H3,(H,27,31)(H,32,34)(H,28,29,30). The number of carbonyl (C=O) groups excluding carboxylic acids is 1. The van der Waals surface area contributed by atoms with E-state index in [-0.39, 0.29) is 5.69 Å². The van der Waals surface area contributed by atoms with Crippen molar-refractivity contribution in [2.75, 3.05) is 34.6 Å². The number of anilines is 5. The molecule has 0 fully saturated rings. The van der Waals surface area contributed by atoms with Crippen LogP contribution in [-0.4, -0.2) is 34.6 Å². The van der Waals surface area contributed by atoms with Crippen LogP contribution < -0.4 is 20.9 Å². The lowest BCUT2D eigenvalue weighted by Crippen LogP contribution is -2.16. The molecule has 170 valence electrons. The molecule has 0 radical (unpaired) electrons. The van der Waals surface area contributed by atoms with E-state index < -0.39 is 11.7 Å². The second kappa shape index (κ2) is 8.95. The highest BCUT2D eigenvalue weighted by Crippen LogP contribution is 2.39. The number of fused-ring (bicyclic) bond motifs is 1. The zero-order valence-corrected chi connectivity index (χ0v) is 18.8. The number of nitrogens with one attached hydrogen (secondary N) is 3. The smallest absolute Gasteiger partial charge is 0.255 e. The lowest BCUT2D eigenvalue weighted by molar-refractivity contribution is 0.102. The Morgan fingerprint density at radius 1 is 1.12 bits per heavy atom. The quantitative estimate of drug-likeness (QED) is 0.367. The molecule has 1 aliphatic heterocycles. The molecule has 4 aromatic rings. The van der Waals surface area contributed by atoms with Crippen molar-refractivity contribution >= 4 is 46.2 Å². The van der Waals surface area contributed by atoms with Crippen LogP contribution in [0, 0.1) is 5.82 Å². The number of carbonyl (C=O) groups is 1. The molecule has 5 rings (SSSR count). The van der Waals surface area contributed by atoms with E-state index in [1.807, 2.05) is 24.1 Å². The molecule has 0 bridgehead atoms. The number of amides is 1. The molecular formula is C24H19ClFN7O. The van der Waals surface area contributed by atoms with Crippen LogP contribution in [0.3, 0.4) is 0 Å². The third-order valence-electron chi connectivity index (χ3n) is 5.31. The fourth-order valence-corrected chi connectivity index (χ4v) is 3.89. The molecule has 0 saturated heterocycles. The predicted octanol–water partition coefficient (Wildman–Crippen LogP) is 5.15. The molecule has 0 aliphatic carbocycles. The molecule has 3 heterocycles. The Balaban J connectivity index is 1.45. The summed E-state index contributed by atoms with van der Waals surface area (Å²) in [7, 11) is 1.95. The zero-order valence-electron chi connectivity index (χ0n) is 18.0. The fourth-order valence-electron chi connectivity index (χ4n) is 3.70. The van der Waals surface area contributed by atoms with Crippen molar-refractivity contribution in [2.24, 2.45) is 0 Å². The maximum atomic E-state index is 14.5. The third-order valence-corrected chi connectivity index (χ3v) is 5.55. The Labute approximate surface area is 199 Å². The van der Waals surface area contributed by atoms with Gasteiger partial charge in [0.15, 0.2) is 5.82 Å². The summed E-state index contributed by atoms with van der Waals surface area (Å²) in [5.74, 6) is 0.241. The second-order valence-electron chi connectivity index (χ2n) is 7.64. The van der Waals surface area contributed by atoms with Crippen LogP contribution in [0.2, 0.25) is 5.02 Å². The topological polar surface area (TPSA) is 95.1 Å². The van der Waals surface area contributed by atoms with Gasteiger partial charge in [-0.1, -0.05) is 17.7 Å². The first kappa shape index (κ1) is 21.6. The van der Waals surface area contributed by atoms with Gasteiger partial charge in [-0.15, -0.1) is 0 Å². The number of rotatable bonds is 5. The van der Waals surface area contributed by atoms with Gasteiger partial charge in [0.1, 0.15) is 29.3 Å².